The van der Waals surface area contributed by atoms with E-state index in [1.54, 1.807) is 12.4 Å². The van der Waals surface area contributed by atoms with E-state index in [4.69, 9.17) is 0 Å². The van der Waals surface area contributed by atoms with Crippen LogP contribution in [-0.2, 0) is 11.2 Å². The zero-order valence-corrected chi connectivity index (χ0v) is 20.2. The Hall–Kier alpha value is -2.97. The fourth-order valence-corrected chi connectivity index (χ4v) is 4.40. The van der Waals surface area contributed by atoms with Crippen molar-refractivity contribution in [2.24, 2.45) is 0 Å². The van der Waals surface area contributed by atoms with Crippen molar-refractivity contribution in [3.05, 3.63) is 82.6 Å². The number of aromatic nitrogens is 4. The molecule has 0 aliphatic carbocycles. The van der Waals surface area contributed by atoms with Crippen LogP contribution in [0.15, 0.2) is 76.6 Å². The van der Waals surface area contributed by atoms with Crippen molar-refractivity contribution in [2.75, 3.05) is 11.1 Å². The SMILES string of the molecule is CCc1cccc(C)c1NC(=O)CSc1nnc(-c2ccncc2)n1-c1ccc(Br)cc1. The van der Waals surface area contributed by atoms with Gasteiger partial charge in [0.15, 0.2) is 11.0 Å². The molecule has 0 radical (unpaired) electrons. The number of para-hydroxylation sites is 1. The summed E-state index contributed by atoms with van der Waals surface area (Å²) >= 11 is 4.84. The molecule has 0 saturated carbocycles. The second kappa shape index (κ2) is 10.1. The van der Waals surface area contributed by atoms with Gasteiger partial charge in [-0.1, -0.05) is 52.8 Å². The van der Waals surface area contributed by atoms with E-state index in [-0.39, 0.29) is 11.7 Å². The number of rotatable bonds is 7. The maximum absolute atomic E-state index is 12.8. The Kier molecular flexibility index (Phi) is 7.02. The number of carbonyl (C=O) groups excluding carboxylic acids is 1. The molecule has 4 aromatic rings. The van der Waals surface area contributed by atoms with Crippen molar-refractivity contribution < 1.29 is 4.79 Å². The monoisotopic (exact) mass is 507 g/mol. The first-order valence-corrected chi connectivity index (χ1v) is 12.0. The predicted molar refractivity (Wildman–Crippen MR) is 132 cm³/mol. The van der Waals surface area contributed by atoms with Crippen molar-refractivity contribution in [1.29, 1.82) is 0 Å². The lowest BCUT2D eigenvalue weighted by atomic mass is 10.1. The predicted octanol–water partition coefficient (Wildman–Crippen LogP) is 5.69. The lowest BCUT2D eigenvalue weighted by Crippen LogP contribution is -2.16. The molecule has 4 rings (SSSR count). The van der Waals surface area contributed by atoms with Gasteiger partial charge in [-0.3, -0.25) is 14.3 Å². The number of nitrogens with one attached hydrogen (secondary N) is 1. The molecule has 0 saturated heterocycles. The number of pyridine rings is 1. The Labute approximate surface area is 199 Å². The van der Waals surface area contributed by atoms with Crippen LogP contribution in [0.5, 0.6) is 0 Å². The highest BCUT2D eigenvalue weighted by Gasteiger charge is 2.18. The zero-order valence-electron chi connectivity index (χ0n) is 17.7. The van der Waals surface area contributed by atoms with Crippen molar-refractivity contribution in [3.8, 4) is 17.1 Å². The second-order valence-electron chi connectivity index (χ2n) is 7.15. The summed E-state index contributed by atoms with van der Waals surface area (Å²) < 4.78 is 2.95. The normalized spacial score (nSPS) is 10.8. The highest BCUT2D eigenvalue weighted by Crippen LogP contribution is 2.29. The van der Waals surface area contributed by atoms with Crippen LogP contribution in [0.1, 0.15) is 18.1 Å². The van der Waals surface area contributed by atoms with E-state index in [9.17, 15) is 4.79 Å². The molecule has 2 aromatic carbocycles. The largest absolute Gasteiger partial charge is 0.325 e. The number of amides is 1. The Balaban J connectivity index is 1.60. The molecule has 2 aromatic heterocycles. The van der Waals surface area contributed by atoms with Gasteiger partial charge in [0, 0.05) is 33.8 Å². The van der Waals surface area contributed by atoms with E-state index in [1.807, 2.05) is 66.1 Å². The minimum absolute atomic E-state index is 0.0742. The highest BCUT2D eigenvalue weighted by atomic mass is 79.9. The molecule has 1 amide bonds. The molecular weight excluding hydrogens is 486 g/mol. The topological polar surface area (TPSA) is 72.7 Å². The van der Waals surface area contributed by atoms with Crippen LogP contribution >= 0.6 is 27.7 Å². The molecule has 8 heteroatoms. The van der Waals surface area contributed by atoms with Gasteiger partial charge in [-0.15, -0.1) is 10.2 Å². The minimum Gasteiger partial charge on any atom is -0.325 e. The molecule has 1 N–H and O–H groups in total. The number of carbonyl (C=O) groups is 1. The standard InChI is InChI=1S/C24H22BrN5OS/c1-3-17-6-4-5-16(2)22(17)27-21(31)15-32-24-29-28-23(18-11-13-26-14-12-18)30(24)20-9-7-19(25)8-10-20/h4-14H,3,15H2,1-2H3,(H,27,31). The smallest absolute Gasteiger partial charge is 0.234 e. The van der Waals surface area contributed by atoms with Crippen molar-refractivity contribution in [1.82, 2.24) is 19.7 Å². The van der Waals surface area contributed by atoms with Crippen LogP contribution in [0.2, 0.25) is 0 Å². The number of halogens is 1. The quantitative estimate of drug-likeness (QED) is 0.325. The van der Waals surface area contributed by atoms with Gasteiger partial charge in [0.25, 0.3) is 0 Å². The number of nitrogens with zero attached hydrogens (tertiary/aromatic N) is 4. The first kappa shape index (κ1) is 22.2. The first-order valence-electron chi connectivity index (χ1n) is 10.2. The summed E-state index contributed by atoms with van der Waals surface area (Å²) in [4.78, 5) is 16.9. The van der Waals surface area contributed by atoms with Crippen molar-refractivity contribution in [3.63, 3.8) is 0 Å². The lowest BCUT2D eigenvalue weighted by Gasteiger charge is -2.13. The van der Waals surface area contributed by atoms with Crippen LogP contribution < -0.4 is 5.32 Å². The van der Waals surface area contributed by atoms with Gasteiger partial charge in [-0.2, -0.15) is 0 Å². The summed E-state index contributed by atoms with van der Waals surface area (Å²) in [6, 6.07) is 17.8. The van der Waals surface area contributed by atoms with Crippen LogP contribution in [0.4, 0.5) is 5.69 Å². The third-order valence-corrected chi connectivity index (χ3v) is 6.45. The number of aryl methyl sites for hydroxylation is 2. The Morgan fingerprint density at radius 3 is 2.53 bits per heavy atom. The molecule has 0 aliphatic heterocycles. The van der Waals surface area contributed by atoms with Gasteiger partial charge in [0.2, 0.25) is 5.91 Å². The van der Waals surface area contributed by atoms with E-state index in [0.717, 1.165) is 39.0 Å². The summed E-state index contributed by atoms with van der Waals surface area (Å²) in [5, 5.41) is 12.5. The molecule has 32 heavy (non-hydrogen) atoms. The van der Waals surface area contributed by atoms with Crippen molar-refractivity contribution in [2.45, 2.75) is 25.4 Å². The number of thioether (sulfide) groups is 1. The average Bonchev–Trinajstić information content (AvgIpc) is 3.24. The maximum Gasteiger partial charge on any atom is 0.234 e. The van der Waals surface area contributed by atoms with Crippen LogP contribution in [0.25, 0.3) is 17.1 Å². The summed E-state index contributed by atoms with van der Waals surface area (Å²) in [6.45, 7) is 4.09. The molecular formula is C24H22BrN5OS. The van der Waals surface area contributed by atoms with E-state index in [2.05, 4.69) is 43.4 Å². The van der Waals surface area contributed by atoms with Crippen LogP contribution in [0.3, 0.4) is 0 Å². The molecule has 0 spiro atoms. The summed E-state index contributed by atoms with van der Waals surface area (Å²) in [6.07, 6.45) is 4.31. The Morgan fingerprint density at radius 1 is 1.06 bits per heavy atom. The number of benzene rings is 2. The zero-order chi connectivity index (χ0) is 22.5. The van der Waals surface area contributed by atoms with E-state index < -0.39 is 0 Å². The second-order valence-corrected chi connectivity index (χ2v) is 9.01. The van der Waals surface area contributed by atoms with Gasteiger partial charge in [0.05, 0.1) is 5.75 Å². The highest BCUT2D eigenvalue weighted by molar-refractivity contribution is 9.10. The average molecular weight is 508 g/mol. The third kappa shape index (κ3) is 4.92. The fraction of sp³-hybridized carbons (Fsp3) is 0.167. The molecule has 0 unspecified atom stereocenters. The number of anilines is 1. The molecule has 2 heterocycles. The fourth-order valence-electron chi connectivity index (χ4n) is 3.38. The van der Waals surface area contributed by atoms with Gasteiger partial charge >= 0.3 is 0 Å². The van der Waals surface area contributed by atoms with Gasteiger partial charge in [-0.25, -0.2) is 0 Å². The minimum atomic E-state index is -0.0742. The van der Waals surface area contributed by atoms with Gasteiger partial charge < -0.3 is 5.32 Å². The van der Waals surface area contributed by atoms with E-state index in [1.165, 1.54) is 11.8 Å². The lowest BCUT2D eigenvalue weighted by molar-refractivity contribution is -0.113. The van der Waals surface area contributed by atoms with Crippen LogP contribution in [0, 0.1) is 6.92 Å². The van der Waals surface area contributed by atoms with Gasteiger partial charge in [0.1, 0.15) is 0 Å². The summed E-state index contributed by atoms with van der Waals surface area (Å²) in [5.41, 5.74) is 4.90. The molecule has 162 valence electrons. The number of hydrogen-bond acceptors (Lipinski definition) is 5. The summed E-state index contributed by atoms with van der Waals surface area (Å²) in [5.74, 6) is 0.849. The van der Waals surface area contributed by atoms with Gasteiger partial charge in [-0.05, 0) is 60.9 Å². The van der Waals surface area contributed by atoms with Crippen LogP contribution in [-0.4, -0.2) is 31.4 Å². The number of hydrogen-bond donors (Lipinski definition) is 1. The Bertz CT molecular complexity index is 1230. The molecule has 0 bridgehead atoms. The Morgan fingerprint density at radius 2 is 1.81 bits per heavy atom. The van der Waals surface area contributed by atoms with Crippen molar-refractivity contribution >= 4 is 39.3 Å². The summed E-state index contributed by atoms with van der Waals surface area (Å²) in [7, 11) is 0. The molecule has 0 aliphatic rings. The molecule has 0 fully saturated rings. The maximum atomic E-state index is 12.8. The van der Waals surface area contributed by atoms with E-state index >= 15 is 0 Å². The van der Waals surface area contributed by atoms with E-state index in [0.29, 0.717) is 11.0 Å². The molecule has 6 nitrogen and oxygen atoms in total. The first-order chi connectivity index (χ1) is 15.6. The third-order valence-electron chi connectivity index (χ3n) is 4.99. The molecule has 0 atom stereocenters.